The third kappa shape index (κ3) is 4.27. The molecule has 21 heavy (non-hydrogen) atoms. The minimum absolute atomic E-state index is 0.135. The zero-order valence-electron chi connectivity index (χ0n) is 12.5. The van der Waals surface area contributed by atoms with E-state index in [1.54, 1.807) is 17.0 Å². The van der Waals surface area contributed by atoms with E-state index in [-0.39, 0.29) is 11.5 Å². The predicted octanol–water partition coefficient (Wildman–Crippen LogP) is 3.44. The van der Waals surface area contributed by atoms with Gasteiger partial charge in [-0.05, 0) is 53.4 Å². The number of benzene rings is 1. The number of nitrogens with one attached hydrogen (secondary N) is 1. The van der Waals surface area contributed by atoms with E-state index in [2.05, 4.69) is 35.1 Å². The summed E-state index contributed by atoms with van der Waals surface area (Å²) in [7, 11) is 0. The molecule has 1 fully saturated rings. The quantitative estimate of drug-likeness (QED) is 0.876. The normalized spacial score (nSPS) is 18.2. The fourth-order valence-corrected chi connectivity index (χ4v) is 3.23. The Hall–Kier alpha value is -0.940. The van der Waals surface area contributed by atoms with Gasteiger partial charge in [-0.25, -0.2) is 4.39 Å². The molecule has 1 N–H and O–H groups in total. The van der Waals surface area contributed by atoms with Crippen LogP contribution in [0, 0.1) is 11.7 Å². The fourth-order valence-electron chi connectivity index (χ4n) is 2.72. The van der Waals surface area contributed by atoms with E-state index in [9.17, 15) is 9.18 Å². The third-order valence-electron chi connectivity index (χ3n) is 3.65. The Labute approximate surface area is 134 Å². The highest BCUT2D eigenvalue weighted by atomic mass is 79.9. The summed E-state index contributed by atoms with van der Waals surface area (Å²) < 4.78 is 14.5. The van der Waals surface area contributed by atoms with E-state index in [0.29, 0.717) is 29.5 Å². The van der Waals surface area contributed by atoms with Crippen LogP contribution in [0.2, 0.25) is 0 Å². The molecule has 0 spiro atoms. The topological polar surface area (TPSA) is 32.3 Å². The lowest BCUT2D eigenvalue weighted by molar-refractivity contribution is 0.0715. The Balaban J connectivity index is 2.20. The Morgan fingerprint density at radius 2 is 2.29 bits per heavy atom. The van der Waals surface area contributed by atoms with E-state index in [1.807, 2.05) is 0 Å². The smallest absolute Gasteiger partial charge is 0.258 e. The van der Waals surface area contributed by atoms with Gasteiger partial charge >= 0.3 is 0 Å². The minimum atomic E-state index is -0.470. The summed E-state index contributed by atoms with van der Waals surface area (Å²) in [5.41, 5.74) is 0.135. The minimum Gasteiger partial charge on any atom is -0.337 e. The van der Waals surface area contributed by atoms with Gasteiger partial charge in [0.15, 0.2) is 0 Å². The summed E-state index contributed by atoms with van der Waals surface area (Å²) in [5, 5.41) is 3.40. The largest absolute Gasteiger partial charge is 0.337 e. The van der Waals surface area contributed by atoms with Crippen molar-refractivity contribution in [2.45, 2.75) is 32.7 Å². The Bertz CT molecular complexity index is 481. The summed E-state index contributed by atoms with van der Waals surface area (Å²) >= 11 is 3.29. The highest BCUT2D eigenvalue weighted by Gasteiger charge is 2.26. The van der Waals surface area contributed by atoms with Crippen LogP contribution < -0.4 is 5.32 Å². The van der Waals surface area contributed by atoms with Gasteiger partial charge in [-0.2, -0.15) is 0 Å². The number of nitrogens with zero attached hydrogens (tertiary/aromatic N) is 1. The first-order valence-corrected chi connectivity index (χ1v) is 8.25. The Morgan fingerprint density at radius 1 is 1.52 bits per heavy atom. The van der Waals surface area contributed by atoms with E-state index in [1.165, 1.54) is 6.07 Å². The third-order valence-corrected chi connectivity index (χ3v) is 4.31. The van der Waals surface area contributed by atoms with Gasteiger partial charge in [-0.15, -0.1) is 0 Å². The second kappa shape index (κ2) is 7.36. The number of hydrogen-bond acceptors (Lipinski definition) is 2. The zero-order valence-corrected chi connectivity index (χ0v) is 14.1. The van der Waals surface area contributed by atoms with E-state index >= 15 is 0 Å². The van der Waals surface area contributed by atoms with Crippen LogP contribution >= 0.6 is 15.9 Å². The molecule has 1 aliphatic rings. The molecule has 1 aliphatic heterocycles. The van der Waals surface area contributed by atoms with Crippen molar-refractivity contribution >= 4 is 21.8 Å². The van der Waals surface area contributed by atoms with E-state index in [4.69, 9.17) is 0 Å². The van der Waals surface area contributed by atoms with Gasteiger partial charge in [0, 0.05) is 23.6 Å². The van der Waals surface area contributed by atoms with Gasteiger partial charge in [0.25, 0.3) is 5.91 Å². The fraction of sp³-hybridized carbons (Fsp3) is 0.562. The SMILES string of the molecule is CC(C)CN(CC1CCCN1)C(=O)c1c(F)cccc1Br. The van der Waals surface area contributed by atoms with Gasteiger partial charge in [0.1, 0.15) is 5.82 Å². The summed E-state index contributed by atoms with van der Waals surface area (Å²) in [4.78, 5) is 14.5. The van der Waals surface area contributed by atoms with Gasteiger partial charge in [0.2, 0.25) is 0 Å². The molecule has 3 nitrogen and oxygen atoms in total. The first-order valence-electron chi connectivity index (χ1n) is 7.45. The van der Waals surface area contributed by atoms with Crippen LogP contribution in [0.15, 0.2) is 22.7 Å². The lowest BCUT2D eigenvalue weighted by atomic mass is 10.1. The molecule has 116 valence electrons. The number of amides is 1. The van der Waals surface area contributed by atoms with Crippen molar-refractivity contribution in [3.63, 3.8) is 0 Å². The second-order valence-corrected chi connectivity index (χ2v) is 6.85. The summed E-state index contributed by atoms with van der Waals surface area (Å²) in [6.07, 6.45) is 2.21. The molecule has 5 heteroatoms. The molecule has 0 bridgehead atoms. The van der Waals surface area contributed by atoms with Crippen LogP contribution in [0.4, 0.5) is 4.39 Å². The maximum Gasteiger partial charge on any atom is 0.258 e. The van der Waals surface area contributed by atoms with Gasteiger partial charge in [-0.3, -0.25) is 4.79 Å². The molecule has 0 aromatic heterocycles. The van der Waals surface area contributed by atoms with Crippen LogP contribution in [0.3, 0.4) is 0 Å². The standard InChI is InChI=1S/C16H22BrFN2O/c1-11(2)9-20(10-12-5-4-8-19-12)16(21)15-13(17)6-3-7-14(15)18/h3,6-7,11-12,19H,4-5,8-10H2,1-2H3. The number of halogens is 2. The summed E-state index contributed by atoms with van der Waals surface area (Å²) in [6, 6.07) is 4.96. The molecule has 2 rings (SSSR count). The maximum absolute atomic E-state index is 14.0. The molecule has 0 radical (unpaired) electrons. The number of carbonyl (C=O) groups excluding carboxylic acids is 1. The van der Waals surface area contributed by atoms with Crippen molar-refractivity contribution in [2.24, 2.45) is 5.92 Å². The lowest BCUT2D eigenvalue weighted by Crippen LogP contribution is -2.43. The number of rotatable bonds is 5. The monoisotopic (exact) mass is 356 g/mol. The molecule has 1 amide bonds. The lowest BCUT2D eigenvalue weighted by Gasteiger charge is -2.28. The molecule has 1 unspecified atom stereocenters. The molecular weight excluding hydrogens is 335 g/mol. The molecule has 1 aromatic carbocycles. The average Bonchev–Trinajstić information content (AvgIpc) is 2.90. The average molecular weight is 357 g/mol. The molecule has 1 saturated heterocycles. The summed E-state index contributed by atoms with van der Waals surface area (Å²) in [6.45, 7) is 6.41. The highest BCUT2D eigenvalue weighted by molar-refractivity contribution is 9.10. The first-order chi connectivity index (χ1) is 9.99. The summed E-state index contributed by atoms with van der Waals surface area (Å²) in [5.74, 6) is -0.356. The van der Waals surface area contributed by atoms with Crippen LogP contribution in [0.5, 0.6) is 0 Å². The van der Waals surface area contributed by atoms with E-state index in [0.717, 1.165) is 19.4 Å². The molecule has 0 aliphatic carbocycles. The van der Waals surface area contributed by atoms with Crippen LogP contribution in [-0.2, 0) is 0 Å². The van der Waals surface area contributed by atoms with Crippen LogP contribution in [-0.4, -0.2) is 36.5 Å². The van der Waals surface area contributed by atoms with Crippen LogP contribution in [0.25, 0.3) is 0 Å². The first kappa shape index (κ1) is 16.4. The Morgan fingerprint density at radius 3 is 2.86 bits per heavy atom. The van der Waals surface area contributed by atoms with Gasteiger partial charge in [-0.1, -0.05) is 19.9 Å². The van der Waals surface area contributed by atoms with Crippen molar-refractivity contribution in [1.29, 1.82) is 0 Å². The second-order valence-electron chi connectivity index (χ2n) is 5.99. The Kier molecular flexibility index (Phi) is 5.76. The van der Waals surface area contributed by atoms with Crippen molar-refractivity contribution in [1.82, 2.24) is 10.2 Å². The van der Waals surface area contributed by atoms with Crippen molar-refractivity contribution in [3.8, 4) is 0 Å². The maximum atomic E-state index is 14.0. The molecule has 1 atom stereocenters. The molecular formula is C16H22BrFN2O. The predicted molar refractivity (Wildman–Crippen MR) is 85.9 cm³/mol. The van der Waals surface area contributed by atoms with E-state index < -0.39 is 5.82 Å². The zero-order chi connectivity index (χ0) is 15.4. The highest BCUT2D eigenvalue weighted by Crippen LogP contribution is 2.22. The van der Waals surface area contributed by atoms with Crippen molar-refractivity contribution < 1.29 is 9.18 Å². The van der Waals surface area contributed by atoms with Gasteiger partial charge in [0.05, 0.1) is 5.56 Å². The molecule has 0 saturated carbocycles. The number of hydrogen-bond donors (Lipinski definition) is 1. The number of carbonyl (C=O) groups is 1. The molecule has 1 heterocycles. The van der Waals surface area contributed by atoms with Crippen molar-refractivity contribution in [3.05, 3.63) is 34.1 Å². The molecule has 1 aromatic rings. The van der Waals surface area contributed by atoms with Crippen LogP contribution in [0.1, 0.15) is 37.0 Å². The van der Waals surface area contributed by atoms with Crippen molar-refractivity contribution in [2.75, 3.05) is 19.6 Å². The van der Waals surface area contributed by atoms with Gasteiger partial charge < -0.3 is 10.2 Å².